The van der Waals surface area contributed by atoms with Crippen molar-refractivity contribution in [2.24, 2.45) is 4.99 Å². The number of carbonyl (C=O) groups excluding carboxylic acids is 1. The van der Waals surface area contributed by atoms with Gasteiger partial charge in [0.25, 0.3) is 6.02 Å². The van der Waals surface area contributed by atoms with Crippen molar-refractivity contribution in [2.45, 2.75) is 46.7 Å². The van der Waals surface area contributed by atoms with Gasteiger partial charge in [0.2, 0.25) is 5.91 Å². The lowest BCUT2D eigenvalue weighted by molar-refractivity contribution is -0.125. The maximum absolute atomic E-state index is 11.7. The normalized spacial score (nSPS) is 15.4. The zero-order valence-electron chi connectivity index (χ0n) is 11.8. The molecule has 17 heavy (non-hydrogen) atoms. The fraction of sp³-hybridized carbons (Fsp3) is 0.833. The highest BCUT2D eigenvalue weighted by Crippen LogP contribution is 2.04. The van der Waals surface area contributed by atoms with Gasteiger partial charge >= 0.3 is 0 Å². The molecule has 0 aliphatic carbocycles. The van der Waals surface area contributed by atoms with Crippen LogP contribution in [-0.4, -0.2) is 49.1 Å². The minimum absolute atomic E-state index is 0.00861. The number of ether oxygens (including phenoxy) is 1. The molecule has 0 radical (unpaired) electrons. The highest BCUT2D eigenvalue weighted by molar-refractivity contribution is 5.86. The molecule has 0 fully saturated rings. The van der Waals surface area contributed by atoms with Crippen LogP contribution < -0.4 is 5.32 Å². The Morgan fingerprint density at radius 3 is 2.41 bits per heavy atom. The summed E-state index contributed by atoms with van der Waals surface area (Å²) in [5.74, 6) is -0.00861. The van der Waals surface area contributed by atoms with E-state index in [-0.39, 0.29) is 18.0 Å². The molecule has 100 valence electrons. The molecule has 5 heteroatoms. The molecular weight excluding hydrogens is 218 g/mol. The molecule has 0 bridgehead atoms. The van der Waals surface area contributed by atoms with Gasteiger partial charge in [-0.2, -0.15) is 0 Å². The molecule has 1 heterocycles. The molecule has 0 saturated heterocycles. The van der Waals surface area contributed by atoms with E-state index in [1.165, 1.54) is 0 Å². The molecule has 1 unspecified atom stereocenters. The maximum Gasteiger partial charge on any atom is 0.287 e. The highest BCUT2D eigenvalue weighted by atomic mass is 16.5. The minimum atomic E-state index is -0.260. The Morgan fingerprint density at radius 1 is 1.41 bits per heavy atom. The predicted molar refractivity (Wildman–Crippen MR) is 70.1 cm³/mol. The first-order chi connectivity index (χ1) is 8.02. The van der Waals surface area contributed by atoms with Crippen LogP contribution in [0.5, 0.6) is 0 Å². The van der Waals surface area contributed by atoms with Crippen LogP contribution in [0.25, 0.3) is 0 Å². The molecule has 0 spiro atoms. The Balaban J connectivity index is 0.00000121. The van der Waals surface area contributed by atoms with Crippen molar-refractivity contribution >= 4 is 11.9 Å². The van der Waals surface area contributed by atoms with E-state index in [4.69, 9.17) is 4.74 Å². The van der Waals surface area contributed by atoms with E-state index in [2.05, 4.69) is 10.3 Å². The van der Waals surface area contributed by atoms with E-state index in [1.54, 1.807) is 4.90 Å². The molecule has 0 aromatic carbocycles. The minimum Gasteiger partial charge on any atom is -0.463 e. The number of amides is 1. The number of hydrogen-bond donors (Lipinski definition) is 1. The summed E-state index contributed by atoms with van der Waals surface area (Å²) in [4.78, 5) is 17.6. The summed E-state index contributed by atoms with van der Waals surface area (Å²) in [5.41, 5.74) is 0. The second kappa shape index (κ2) is 7.92. The van der Waals surface area contributed by atoms with Crippen LogP contribution in [0.3, 0.4) is 0 Å². The summed E-state index contributed by atoms with van der Waals surface area (Å²) in [7, 11) is 1.81. The molecule has 0 saturated carbocycles. The monoisotopic (exact) mass is 243 g/mol. The fourth-order valence-electron chi connectivity index (χ4n) is 1.28. The lowest BCUT2D eigenvalue weighted by atomic mass is 10.2. The van der Waals surface area contributed by atoms with Gasteiger partial charge in [-0.25, -0.2) is 4.99 Å². The lowest BCUT2D eigenvalue weighted by Crippen LogP contribution is -2.47. The van der Waals surface area contributed by atoms with Crippen molar-refractivity contribution in [3.63, 3.8) is 0 Å². The number of rotatable bonds is 3. The van der Waals surface area contributed by atoms with E-state index in [9.17, 15) is 4.79 Å². The third-order valence-corrected chi connectivity index (χ3v) is 2.26. The molecular formula is C12H25N3O2. The molecule has 1 aliphatic heterocycles. The van der Waals surface area contributed by atoms with Crippen LogP contribution in [0.15, 0.2) is 4.99 Å². The van der Waals surface area contributed by atoms with E-state index < -0.39 is 0 Å². The average Bonchev–Trinajstić information content (AvgIpc) is 2.82. The van der Waals surface area contributed by atoms with Crippen molar-refractivity contribution < 1.29 is 9.53 Å². The van der Waals surface area contributed by atoms with Gasteiger partial charge in [0, 0.05) is 13.1 Å². The summed E-state index contributed by atoms with van der Waals surface area (Å²) in [6.45, 7) is 11.0. The maximum atomic E-state index is 11.7. The molecule has 1 atom stereocenters. The van der Waals surface area contributed by atoms with Crippen molar-refractivity contribution in [3.8, 4) is 0 Å². The second-order valence-electron chi connectivity index (χ2n) is 3.96. The van der Waals surface area contributed by atoms with E-state index in [1.807, 2.05) is 41.7 Å². The number of nitrogens with one attached hydrogen (secondary N) is 1. The standard InChI is InChI=1S/C10H19N3O2.C2H6/c1-7(2)12-9(14)8(3)13(4)10-11-5-6-15-10;1-2/h7-8H,5-6H2,1-4H3,(H,12,14);1-2H3. The van der Waals surface area contributed by atoms with Gasteiger partial charge in [-0.15, -0.1) is 0 Å². The number of aliphatic imine (C=N–C) groups is 1. The lowest BCUT2D eigenvalue weighted by Gasteiger charge is -2.25. The Bertz CT molecular complexity index is 264. The van der Waals surface area contributed by atoms with Crippen LogP contribution >= 0.6 is 0 Å². The zero-order valence-corrected chi connectivity index (χ0v) is 11.8. The second-order valence-corrected chi connectivity index (χ2v) is 3.96. The van der Waals surface area contributed by atoms with Gasteiger partial charge in [-0.05, 0) is 20.8 Å². The molecule has 1 rings (SSSR count). The van der Waals surface area contributed by atoms with E-state index >= 15 is 0 Å². The van der Waals surface area contributed by atoms with Gasteiger partial charge in [0.1, 0.15) is 12.6 Å². The molecule has 0 aromatic rings. The zero-order chi connectivity index (χ0) is 13.4. The van der Waals surface area contributed by atoms with Crippen molar-refractivity contribution in [1.82, 2.24) is 10.2 Å². The summed E-state index contributed by atoms with van der Waals surface area (Å²) < 4.78 is 5.29. The van der Waals surface area contributed by atoms with Crippen molar-refractivity contribution in [2.75, 3.05) is 20.2 Å². The third kappa shape index (κ3) is 5.06. The summed E-state index contributed by atoms with van der Waals surface area (Å²) in [6.07, 6.45) is 0. The Morgan fingerprint density at radius 2 is 2.00 bits per heavy atom. The van der Waals surface area contributed by atoms with Crippen LogP contribution in [0.4, 0.5) is 0 Å². The summed E-state index contributed by atoms with van der Waals surface area (Å²) >= 11 is 0. The number of carbonyl (C=O) groups is 1. The number of nitrogens with zero attached hydrogens (tertiary/aromatic N) is 2. The molecule has 0 aromatic heterocycles. The summed E-state index contributed by atoms with van der Waals surface area (Å²) in [5, 5.41) is 2.86. The van der Waals surface area contributed by atoms with Crippen molar-refractivity contribution in [1.29, 1.82) is 0 Å². The first kappa shape index (κ1) is 15.7. The SMILES string of the molecule is CC.CC(C)NC(=O)C(C)N(C)C1=NCCO1. The number of likely N-dealkylation sites (N-methyl/N-ethyl adjacent to an activating group) is 1. The Kier molecular flexibility index (Phi) is 7.34. The largest absolute Gasteiger partial charge is 0.463 e. The molecule has 1 N–H and O–H groups in total. The summed E-state index contributed by atoms with van der Waals surface area (Å²) in [6, 6.07) is 0.449. The van der Waals surface area contributed by atoms with Crippen molar-refractivity contribution in [3.05, 3.63) is 0 Å². The first-order valence-corrected chi connectivity index (χ1v) is 6.23. The fourth-order valence-corrected chi connectivity index (χ4v) is 1.28. The molecule has 1 amide bonds. The predicted octanol–water partition coefficient (Wildman–Crippen LogP) is 1.24. The van der Waals surface area contributed by atoms with Gasteiger partial charge < -0.3 is 15.0 Å². The highest BCUT2D eigenvalue weighted by Gasteiger charge is 2.23. The molecule has 5 nitrogen and oxygen atoms in total. The third-order valence-electron chi connectivity index (χ3n) is 2.26. The molecule has 1 aliphatic rings. The van der Waals surface area contributed by atoms with Crippen LogP contribution in [0.1, 0.15) is 34.6 Å². The van der Waals surface area contributed by atoms with Gasteiger partial charge in [-0.3, -0.25) is 4.79 Å². The Labute approximate surface area is 104 Å². The van der Waals surface area contributed by atoms with E-state index in [0.29, 0.717) is 19.2 Å². The number of hydrogen-bond acceptors (Lipinski definition) is 4. The topological polar surface area (TPSA) is 53.9 Å². The van der Waals surface area contributed by atoms with Crippen LogP contribution in [-0.2, 0) is 9.53 Å². The number of amidine groups is 1. The van der Waals surface area contributed by atoms with Gasteiger partial charge in [0.05, 0.1) is 6.54 Å². The van der Waals surface area contributed by atoms with Crippen LogP contribution in [0.2, 0.25) is 0 Å². The first-order valence-electron chi connectivity index (χ1n) is 6.23. The average molecular weight is 243 g/mol. The van der Waals surface area contributed by atoms with Gasteiger partial charge in [-0.1, -0.05) is 13.8 Å². The van der Waals surface area contributed by atoms with Gasteiger partial charge in [0.15, 0.2) is 0 Å². The van der Waals surface area contributed by atoms with Crippen LogP contribution in [0, 0.1) is 0 Å². The smallest absolute Gasteiger partial charge is 0.287 e. The Hall–Kier alpha value is -1.26. The van der Waals surface area contributed by atoms with E-state index in [0.717, 1.165) is 0 Å². The quantitative estimate of drug-likeness (QED) is 0.811.